The van der Waals surface area contributed by atoms with Crippen molar-refractivity contribution < 1.29 is 4.52 Å². The third-order valence-corrected chi connectivity index (χ3v) is 6.68. The summed E-state index contributed by atoms with van der Waals surface area (Å²) in [7, 11) is 0. The van der Waals surface area contributed by atoms with Gasteiger partial charge in [-0.2, -0.15) is 4.98 Å². The van der Waals surface area contributed by atoms with Gasteiger partial charge in [0, 0.05) is 31.0 Å². The van der Waals surface area contributed by atoms with Gasteiger partial charge in [0.1, 0.15) is 6.54 Å². The van der Waals surface area contributed by atoms with Gasteiger partial charge < -0.3 is 9.42 Å². The van der Waals surface area contributed by atoms with Gasteiger partial charge in [-0.25, -0.2) is 18.9 Å². The van der Waals surface area contributed by atoms with Gasteiger partial charge in [-0.05, 0) is 28.5 Å². The molecule has 0 unspecified atom stereocenters. The van der Waals surface area contributed by atoms with Crippen LogP contribution in [0.5, 0.6) is 0 Å². The Hall–Kier alpha value is -4.27. The van der Waals surface area contributed by atoms with Crippen molar-refractivity contribution in [1.29, 1.82) is 0 Å². The fourth-order valence-electron chi connectivity index (χ4n) is 4.62. The highest BCUT2D eigenvalue weighted by atomic mass is 16.5. The normalized spacial score (nSPS) is 13.8. The Morgan fingerprint density at radius 2 is 1.81 bits per heavy atom. The monoisotopic (exact) mass is 481 g/mol. The zero-order valence-corrected chi connectivity index (χ0v) is 20.5. The van der Waals surface area contributed by atoms with Crippen LogP contribution in [0.3, 0.4) is 0 Å². The second-order valence-corrected chi connectivity index (χ2v) is 10.2. The Kier molecular flexibility index (Phi) is 5.21. The van der Waals surface area contributed by atoms with Crippen molar-refractivity contribution in [3.8, 4) is 11.4 Å². The van der Waals surface area contributed by atoms with Crippen LogP contribution >= 0.6 is 0 Å². The van der Waals surface area contributed by atoms with Gasteiger partial charge in [0.25, 0.3) is 0 Å². The Balaban J connectivity index is 1.27. The lowest BCUT2D eigenvalue weighted by Gasteiger charge is -2.29. The van der Waals surface area contributed by atoms with Gasteiger partial charge in [-0.15, -0.1) is 5.10 Å². The molecule has 0 bridgehead atoms. The summed E-state index contributed by atoms with van der Waals surface area (Å²) < 4.78 is 8.33. The van der Waals surface area contributed by atoms with E-state index in [1.165, 1.54) is 25.8 Å². The molecule has 9 heteroatoms. The summed E-state index contributed by atoms with van der Waals surface area (Å²) in [5.41, 5.74) is 5.01. The maximum atomic E-state index is 13.1. The number of aromatic nitrogens is 6. The third kappa shape index (κ3) is 3.96. The van der Waals surface area contributed by atoms with Crippen molar-refractivity contribution in [1.82, 2.24) is 29.3 Å². The van der Waals surface area contributed by atoms with Crippen LogP contribution in [0.15, 0.2) is 70.2 Å². The maximum Gasteiger partial charge on any atom is 0.350 e. The van der Waals surface area contributed by atoms with Crippen molar-refractivity contribution in [2.75, 3.05) is 11.4 Å². The van der Waals surface area contributed by atoms with E-state index in [1.807, 2.05) is 18.2 Å². The SMILES string of the molecule is CC(C)(C)c1ccc(-c2noc(Cn3nc4c(N5CCc6ccccc6C5)nccn4c3=O)n2)cc1. The molecule has 0 saturated heterocycles. The van der Waals surface area contributed by atoms with Gasteiger partial charge in [0.05, 0.1) is 0 Å². The van der Waals surface area contributed by atoms with Gasteiger partial charge in [-0.1, -0.05) is 74.5 Å². The van der Waals surface area contributed by atoms with Gasteiger partial charge in [0.15, 0.2) is 5.82 Å². The van der Waals surface area contributed by atoms with Gasteiger partial charge >= 0.3 is 5.69 Å². The molecule has 1 aliphatic rings. The van der Waals surface area contributed by atoms with E-state index in [2.05, 4.69) is 76.2 Å². The molecule has 9 nitrogen and oxygen atoms in total. The van der Waals surface area contributed by atoms with Crippen molar-refractivity contribution >= 4 is 11.5 Å². The summed E-state index contributed by atoms with van der Waals surface area (Å²) in [5.74, 6) is 1.49. The molecular weight excluding hydrogens is 454 g/mol. The van der Waals surface area contributed by atoms with Crippen LogP contribution in [-0.4, -0.2) is 35.9 Å². The van der Waals surface area contributed by atoms with Crippen LogP contribution < -0.4 is 10.6 Å². The lowest BCUT2D eigenvalue weighted by atomic mass is 9.87. The van der Waals surface area contributed by atoms with Crippen molar-refractivity contribution in [2.45, 2.75) is 45.7 Å². The first-order chi connectivity index (χ1) is 17.4. The highest BCUT2D eigenvalue weighted by molar-refractivity contribution is 5.64. The molecule has 0 amide bonds. The third-order valence-electron chi connectivity index (χ3n) is 6.68. The average molecular weight is 482 g/mol. The average Bonchev–Trinajstić information content (AvgIpc) is 3.48. The smallest absolute Gasteiger partial charge is 0.349 e. The summed E-state index contributed by atoms with van der Waals surface area (Å²) in [6, 6.07) is 16.5. The Morgan fingerprint density at radius 3 is 2.58 bits per heavy atom. The first kappa shape index (κ1) is 22.2. The Bertz CT molecular complexity index is 1610. The maximum absolute atomic E-state index is 13.1. The molecule has 0 radical (unpaired) electrons. The van der Waals surface area contributed by atoms with E-state index in [4.69, 9.17) is 4.52 Å². The number of benzene rings is 2. The molecule has 4 heterocycles. The van der Waals surface area contributed by atoms with Gasteiger partial charge in [0.2, 0.25) is 17.4 Å². The van der Waals surface area contributed by atoms with Crippen LogP contribution in [0.25, 0.3) is 17.0 Å². The van der Waals surface area contributed by atoms with Crippen LogP contribution in [0, 0.1) is 0 Å². The molecule has 36 heavy (non-hydrogen) atoms. The molecule has 0 aliphatic carbocycles. The van der Waals surface area contributed by atoms with Crippen LogP contribution in [0.2, 0.25) is 0 Å². The molecular formula is C27H27N7O2. The predicted octanol–water partition coefficient (Wildman–Crippen LogP) is 3.85. The van der Waals surface area contributed by atoms with Gasteiger partial charge in [-0.3, -0.25) is 0 Å². The quantitative estimate of drug-likeness (QED) is 0.385. The molecule has 0 N–H and O–H groups in total. The number of rotatable bonds is 4. The lowest BCUT2D eigenvalue weighted by Crippen LogP contribution is -2.31. The van der Waals surface area contributed by atoms with E-state index in [9.17, 15) is 4.79 Å². The fraction of sp³-hybridized carbons (Fsp3) is 0.296. The first-order valence-electron chi connectivity index (χ1n) is 12.1. The number of hydrogen-bond donors (Lipinski definition) is 0. The second kappa shape index (κ2) is 8.44. The van der Waals surface area contributed by atoms with Crippen molar-refractivity contribution in [2.24, 2.45) is 0 Å². The van der Waals surface area contributed by atoms with E-state index < -0.39 is 0 Å². The van der Waals surface area contributed by atoms with Crippen LogP contribution in [-0.2, 0) is 24.9 Å². The minimum Gasteiger partial charge on any atom is -0.349 e. The van der Waals surface area contributed by atoms with Crippen molar-refractivity contribution in [3.05, 3.63) is 94.0 Å². The topological polar surface area (TPSA) is 94.4 Å². The number of nitrogens with zero attached hydrogens (tertiary/aromatic N) is 7. The van der Waals surface area contributed by atoms with E-state index in [1.54, 1.807) is 12.4 Å². The molecule has 1 aliphatic heterocycles. The van der Waals surface area contributed by atoms with E-state index >= 15 is 0 Å². The highest BCUT2D eigenvalue weighted by Gasteiger charge is 2.22. The molecule has 0 saturated carbocycles. The summed E-state index contributed by atoms with van der Waals surface area (Å²) >= 11 is 0. The van der Waals surface area contributed by atoms with Crippen molar-refractivity contribution in [3.63, 3.8) is 0 Å². The molecule has 0 atom stereocenters. The Labute approximate surface area is 208 Å². The largest absolute Gasteiger partial charge is 0.350 e. The molecule has 5 aromatic rings. The molecule has 182 valence electrons. The lowest BCUT2D eigenvalue weighted by molar-refractivity contribution is 0.364. The van der Waals surface area contributed by atoms with E-state index in [-0.39, 0.29) is 17.6 Å². The molecule has 3 aromatic heterocycles. The number of hydrogen-bond acceptors (Lipinski definition) is 7. The van der Waals surface area contributed by atoms with E-state index in [0.717, 1.165) is 25.1 Å². The minimum atomic E-state index is -0.277. The molecule has 0 fully saturated rings. The zero-order chi connectivity index (χ0) is 24.9. The standard InChI is InChI=1S/C27H27N7O2/c1-27(2,3)21-10-8-19(9-11-21)23-29-22(36-31-23)17-34-26(35)33-15-13-28-24(25(33)30-34)32-14-12-18-6-4-5-7-20(18)16-32/h4-11,13,15H,12,14,16-17H2,1-3H3. The molecule has 0 spiro atoms. The predicted molar refractivity (Wildman–Crippen MR) is 136 cm³/mol. The molecule has 2 aromatic carbocycles. The fourth-order valence-corrected chi connectivity index (χ4v) is 4.62. The highest BCUT2D eigenvalue weighted by Crippen LogP contribution is 2.26. The zero-order valence-electron chi connectivity index (χ0n) is 20.5. The first-order valence-corrected chi connectivity index (χ1v) is 12.1. The summed E-state index contributed by atoms with van der Waals surface area (Å²) in [6.07, 6.45) is 4.20. The second-order valence-electron chi connectivity index (χ2n) is 10.2. The summed E-state index contributed by atoms with van der Waals surface area (Å²) in [6.45, 7) is 8.14. The summed E-state index contributed by atoms with van der Waals surface area (Å²) in [5, 5.41) is 8.71. The minimum absolute atomic E-state index is 0.0660. The van der Waals surface area contributed by atoms with Crippen LogP contribution in [0.1, 0.15) is 43.4 Å². The van der Waals surface area contributed by atoms with E-state index in [0.29, 0.717) is 23.2 Å². The summed E-state index contributed by atoms with van der Waals surface area (Å²) in [4.78, 5) is 24.3. The van der Waals surface area contributed by atoms with Crippen LogP contribution in [0.4, 0.5) is 5.82 Å². The number of anilines is 1. The number of fused-ring (bicyclic) bond motifs is 2. The molecule has 6 rings (SSSR count). The Morgan fingerprint density at radius 1 is 1.03 bits per heavy atom.